The van der Waals surface area contributed by atoms with Crippen molar-refractivity contribution >= 4 is 20.4 Å². The lowest BCUT2D eigenvalue weighted by atomic mass is 10.0. The van der Waals surface area contributed by atoms with Crippen LogP contribution in [0.4, 0.5) is 5.82 Å². The molecule has 2 N–H and O–H groups in total. The summed E-state index contributed by atoms with van der Waals surface area (Å²) in [6.45, 7) is 1.88. The van der Waals surface area contributed by atoms with Crippen LogP contribution in [-0.4, -0.2) is 4.98 Å². The van der Waals surface area contributed by atoms with Gasteiger partial charge in [-0.1, -0.05) is 6.07 Å². The van der Waals surface area contributed by atoms with Gasteiger partial charge in [0.25, 0.3) is 0 Å². The van der Waals surface area contributed by atoms with Gasteiger partial charge in [0, 0.05) is 11.8 Å². The Balaban J connectivity index is 2.30. The van der Waals surface area contributed by atoms with E-state index in [-0.39, 0.29) is 6.10 Å². The number of nitrogens with two attached hydrogens (primary N) is 1. The third kappa shape index (κ3) is 3.01. The van der Waals surface area contributed by atoms with E-state index in [1.165, 1.54) is 0 Å². The molecule has 0 fully saturated rings. The molecule has 5 heteroatoms. The van der Waals surface area contributed by atoms with Crippen LogP contribution in [0.5, 0.6) is 5.75 Å². The number of nitrogens with zero attached hydrogens (tertiary/aromatic N) is 2. The second-order valence-electron chi connectivity index (χ2n) is 4.11. The number of pyridine rings is 1. The Morgan fingerprint density at radius 2 is 2.21 bits per heavy atom. The molecule has 19 heavy (non-hydrogen) atoms. The van der Waals surface area contributed by atoms with Crippen molar-refractivity contribution in [2.45, 2.75) is 13.0 Å². The van der Waals surface area contributed by atoms with Crippen LogP contribution >= 0.6 is 9.24 Å². The number of nitrogen functional groups attached to an aromatic ring is 1. The molecule has 4 nitrogen and oxygen atoms in total. The number of benzene rings is 1. The lowest BCUT2D eigenvalue weighted by molar-refractivity contribution is 0.227. The molecule has 1 aromatic heterocycles. The van der Waals surface area contributed by atoms with Gasteiger partial charge in [0.2, 0.25) is 0 Å². The molecule has 0 saturated carbocycles. The predicted octanol–water partition coefficient (Wildman–Crippen LogP) is 2.18. The standard InChI is InChI=1S/C14H14N3OP/c1-9(18-13-3-2-6-17-14(13)16)12-7-11(19)5-4-10(12)8-15/h2-7,9H,19H2,1H3,(H2,16,17). The van der Waals surface area contributed by atoms with E-state index in [1.54, 1.807) is 24.4 Å². The first-order valence-corrected chi connectivity index (χ1v) is 6.36. The third-order valence-electron chi connectivity index (χ3n) is 2.74. The molecular weight excluding hydrogens is 257 g/mol. The van der Waals surface area contributed by atoms with Crippen molar-refractivity contribution in [1.82, 2.24) is 4.98 Å². The van der Waals surface area contributed by atoms with Crippen molar-refractivity contribution in [1.29, 1.82) is 5.26 Å². The van der Waals surface area contributed by atoms with E-state index in [2.05, 4.69) is 20.3 Å². The molecule has 1 heterocycles. The quantitative estimate of drug-likeness (QED) is 0.868. The van der Waals surface area contributed by atoms with Crippen molar-refractivity contribution < 1.29 is 4.74 Å². The molecule has 96 valence electrons. The maximum Gasteiger partial charge on any atom is 0.166 e. The summed E-state index contributed by atoms with van der Waals surface area (Å²) in [6.07, 6.45) is 1.33. The Labute approximate surface area is 114 Å². The fourth-order valence-corrected chi connectivity index (χ4v) is 2.05. The van der Waals surface area contributed by atoms with Gasteiger partial charge in [-0.3, -0.25) is 0 Å². The van der Waals surface area contributed by atoms with Crippen LogP contribution in [0.3, 0.4) is 0 Å². The lowest BCUT2D eigenvalue weighted by Gasteiger charge is -2.17. The van der Waals surface area contributed by atoms with Gasteiger partial charge in [-0.05, 0) is 36.5 Å². The van der Waals surface area contributed by atoms with Crippen LogP contribution in [0.15, 0.2) is 36.5 Å². The zero-order valence-corrected chi connectivity index (χ0v) is 11.7. The van der Waals surface area contributed by atoms with Gasteiger partial charge in [-0.15, -0.1) is 9.24 Å². The number of hydrogen-bond acceptors (Lipinski definition) is 4. The summed E-state index contributed by atoms with van der Waals surface area (Å²) in [7, 11) is 2.61. The summed E-state index contributed by atoms with van der Waals surface area (Å²) in [5.74, 6) is 0.864. The Morgan fingerprint density at radius 3 is 2.89 bits per heavy atom. The van der Waals surface area contributed by atoms with Crippen molar-refractivity contribution in [2.24, 2.45) is 0 Å². The van der Waals surface area contributed by atoms with Gasteiger partial charge in [0.1, 0.15) is 6.10 Å². The van der Waals surface area contributed by atoms with E-state index in [0.717, 1.165) is 10.9 Å². The minimum absolute atomic E-state index is 0.276. The number of nitriles is 1. The topological polar surface area (TPSA) is 71.9 Å². The summed E-state index contributed by atoms with van der Waals surface area (Å²) in [5.41, 5.74) is 7.17. The number of anilines is 1. The normalized spacial score (nSPS) is 11.6. The van der Waals surface area contributed by atoms with Gasteiger partial charge in [-0.25, -0.2) is 4.98 Å². The van der Waals surface area contributed by atoms with E-state index in [1.807, 2.05) is 19.1 Å². The highest BCUT2D eigenvalue weighted by molar-refractivity contribution is 7.27. The van der Waals surface area contributed by atoms with Crippen LogP contribution in [0.25, 0.3) is 0 Å². The predicted molar refractivity (Wildman–Crippen MR) is 78.2 cm³/mol. The summed E-state index contributed by atoms with van der Waals surface area (Å²) in [5, 5.41) is 10.1. The van der Waals surface area contributed by atoms with Crippen molar-refractivity contribution in [3.63, 3.8) is 0 Å². The van der Waals surface area contributed by atoms with Crippen molar-refractivity contribution in [3.05, 3.63) is 47.7 Å². The number of hydrogen-bond donors (Lipinski definition) is 1. The maximum absolute atomic E-state index is 9.13. The van der Waals surface area contributed by atoms with Gasteiger partial charge in [0.05, 0.1) is 11.6 Å². The fourth-order valence-electron chi connectivity index (χ4n) is 1.78. The SMILES string of the molecule is CC(Oc1cccnc1N)c1cc(P)ccc1C#N. The Morgan fingerprint density at radius 1 is 1.42 bits per heavy atom. The average Bonchev–Trinajstić information content (AvgIpc) is 2.41. The first kappa shape index (κ1) is 13.3. The molecule has 0 aliphatic carbocycles. The highest BCUT2D eigenvalue weighted by Crippen LogP contribution is 2.26. The third-order valence-corrected chi connectivity index (χ3v) is 3.10. The van der Waals surface area contributed by atoms with Gasteiger partial charge >= 0.3 is 0 Å². The summed E-state index contributed by atoms with van der Waals surface area (Å²) in [4.78, 5) is 3.97. The minimum atomic E-state index is -0.276. The van der Waals surface area contributed by atoms with Gasteiger partial charge in [0.15, 0.2) is 11.6 Å². The van der Waals surface area contributed by atoms with Crippen molar-refractivity contribution in [3.8, 4) is 11.8 Å². The van der Waals surface area contributed by atoms with E-state index in [4.69, 9.17) is 15.7 Å². The largest absolute Gasteiger partial charge is 0.482 e. The fraction of sp³-hybridized carbons (Fsp3) is 0.143. The smallest absolute Gasteiger partial charge is 0.166 e. The van der Waals surface area contributed by atoms with Crippen LogP contribution in [-0.2, 0) is 0 Å². The number of ether oxygens (including phenoxy) is 1. The molecule has 2 aromatic rings. The molecule has 0 saturated heterocycles. The molecule has 0 radical (unpaired) electrons. The van der Waals surface area contributed by atoms with E-state index in [9.17, 15) is 0 Å². The highest BCUT2D eigenvalue weighted by atomic mass is 31.0. The zero-order chi connectivity index (χ0) is 13.8. The molecule has 2 atom stereocenters. The van der Waals surface area contributed by atoms with Crippen LogP contribution in [0.2, 0.25) is 0 Å². The van der Waals surface area contributed by atoms with E-state index in [0.29, 0.717) is 17.1 Å². The summed E-state index contributed by atoms with van der Waals surface area (Å²) in [6, 6.07) is 11.3. The molecule has 0 amide bonds. The maximum atomic E-state index is 9.13. The molecular formula is C14H14N3OP. The molecule has 1 aromatic carbocycles. The Bertz CT molecular complexity index is 637. The second kappa shape index (κ2) is 5.69. The molecule has 2 rings (SSSR count). The minimum Gasteiger partial charge on any atom is -0.482 e. The van der Waals surface area contributed by atoms with Gasteiger partial charge in [-0.2, -0.15) is 5.26 Å². The summed E-state index contributed by atoms with van der Waals surface area (Å²) < 4.78 is 5.78. The first-order valence-electron chi connectivity index (χ1n) is 5.78. The first-order chi connectivity index (χ1) is 9.11. The average molecular weight is 271 g/mol. The molecule has 0 bridgehead atoms. The lowest BCUT2D eigenvalue weighted by Crippen LogP contribution is -2.09. The Kier molecular flexibility index (Phi) is 3.99. The molecule has 0 aliphatic rings. The molecule has 0 aliphatic heterocycles. The summed E-state index contributed by atoms with van der Waals surface area (Å²) >= 11 is 0. The molecule has 0 spiro atoms. The monoisotopic (exact) mass is 271 g/mol. The van der Waals surface area contributed by atoms with E-state index < -0.39 is 0 Å². The highest BCUT2D eigenvalue weighted by Gasteiger charge is 2.14. The van der Waals surface area contributed by atoms with Crippen LogP contribution in [0, 0.1) is 11.3 Å². The number of rotatable bonds is 3. The van der Waals surface area contributed by atoms with Crippen LogP contribution in [0.1, 0.15) is 24.2 Å². The van der Waals surface area contributed by atoms with Gasteiger partial charge < -0.3 is 10.5 Å². The van der Waals surface area contributed by atoms with Crippen molar-refractivity contribution in [2.75, 3.05) is 5.73 Å². The second-order valence-corrected chi connectivity index (χ2v) is 4.77. The zero-order valence-electron chi connectivity index (χ0n) is 10.5. The van der Waals surface area contributed by atoms with E-state index >= 15 is 0 Å². The van der Waals surface area contributed by atoms with Crippen LogP contribution < -0.4 is 15.8 Å². The Hall–Kier alpha value is -2.11. The molecule has 2 unspecified atom stereocenters. The number of aromatic nitrogens is 1.